The number of hydrogen-bond acceptors (Lipinski definition) is 6. The lowest BCUT2D eigenvalue weighted by molar-refractivity contribution is -0.143. The topological polar surface area (TPSA) is 81.4 Å². The second-order valence-corrected chi connectivity index (χ2v) is 5.80. The van der Waals surface area contributed by atoms with E-state index in [0.717, 1.165) is 5.56 Å². The van der Waals surface area contributed by atoms with Crippen molar-refractivity contribution in [1.82, 2.24) is 20.0 Å². The number of aromatic nitrogens is 3. The Morgan fingerprint density at radius 3 is 2.65 bits per heavy atom. The van der Waals surface area contributed by atoms with Crippen LogP contribution in [0.1, 0.15) is 26.2 Å². The number of nitrogens with zero attached hydrogens (tertiary/aromatic N) is 4. The van der Waals surface area contributed by atoms with E-state index >= 15 is 0 Å². The first-order chi connectivity index (χ1) is 11.1. The molecule has 0 radical (unpaired) electrons. The van der Waals surface area contributed by atoms with Crippen molar-refractivity contribution in [3.05, 3.63) is 30.4 Å². The average Bonchev–Trinajstić information content (AvgIpc) is 3.01. The summed E-state index contributed by atoms with van der Waals surface area (Å²) in [5.74, 6) is 1.08. The number of morpholine rings is 1. The van der Waals surface area contributed by atoms with Crippen LogP contribution >= 0.6 is 0 Å². The van der Waals surface area contributed by atoms with Crippen molar-refractivity contribution in [3.63, 3.8) is 0 Å². The number of amides is 1. The van der Waals surface area contributed by atoms with Crippen LogP contribution in [0, 0.1) is 0 Å². The number of rotatable bonds is 4. The average molecular weight is 316 g/mol. The number of aryl methyl sites for hydroxylation is 1. The molecule has 2 aromatic heterocycles. The Bertz CT molecular complexity index is 648. The second-order valence-electron chi connectivity index (χ2n) is 5.80. The minimum Gasteiger partial charge on any atom is -0.372 e. The summed E-state index contributed by atoms with van der Waals surface area (Å²) in [6, 6.07) is 3.63. The van der Waals surface area contributed by atoms with Crippen LogP contribution in [0.3, 0.4) is 0 Å². The minimum absolute atomic E-state index is 0.0735. The van der Waals surface area contributed by atoms with Crippen LogP contribution in [0.25, 0.3) is 11.4 Å². The lowest BCUT2D eigenvalue weighted by Crippen LogP contribution is -2.48. The van der Waals surface area contributed by atoms with Crippen LogP contribution in [-0.4, -0.2) is 51.2 Å². The Labute approximate surface area is 134 Å². The summed E-state index contributed by atoms with van der Waals surface area (Å²) in [7, 11) is 0. The molecule has 1 saturated heterocycles. The third-order valence-electron chi connectivity index (χ3n) is 3.73. The zero-order chi connectivity index (χ0) is 16.2. The van der Waals surface area contributed by atoms with Crippen LogP contribution in [0.5, 0.6) is 0 Å². The summed E-state index contributed by atoms with van der Waals surface area (Å²) in [5.41, 5.74) is 0.845. The molecule has 7 heteroatoms. The smallest absolute Gasteiger partial charge is 0.227 e. The van der Waals surface area contributed by atoms with E-state index in [2.05, 4.69) is 15.1 Å². The molecule has 0 saturated carbocycles. The monoisotopic (exact) mass is 316 g/mol. The van der Waals surface area contributed by atoms with E-state index in [1.165, 1.54) is 0 Å². The zero-order valence-electron chi connectivity index (χ0n) is 13.3. The van der Waals surface area contributed by atoms with Gasteiger partial charge in [0.1, 0.15) is 0 Å². The standard InChI is InChI=1S/C16H20N4O3/c1-11-9-20(10-12(2)22-11)15(21)4-3-14-18-16(19-23-14)13-5-7-17-8-6-13/h5-8,11-12H,3-4,9-10H2,1-2H3/t11-,12+. The summed E-state index contributed by atoms with van der Waals surface area (Å²) in [6.07, 6.45) is 4.30. The maximum atomic E-state index is 12.3. The predicted octanol–water partition coefficient (Wildman–Crippen LogP) is 1.70. The molecule has 1 aliphatic rings. The summed E-state index contributed by atoms with van der Waals surface area (Å²) in [4.78, 5) is 22.4. The number of carbonyl (C=O) groups excluding carboxylic acids is 1. The van der Waals surface area contributed by atoms with Crippen molar-refractivity contribution < 1.29 is 14.1 Å². The highest BCUT2D eigenvalue weighted by Crippen LogP contribution is 2.16. The van der Waals surface area contributed by atoms with E-state index in [-0.39, 0.29) is 18.1 Å². The lowest BCUT2D eigenvalue weighted by Gasteiger charge is -2.35. The Balaban J connectivity index is 1.56. The van der Waals surface area contributed by atoms with Gasteiger partial charge in [0.15, 0.2) is 0 Å². The molecule has 0 aromatic carbocycles. The molecule has 0 spiro atoms. The van der Waals surface area contributed by atoms with E-state index in [0.29, 0.717) is 37.6 Å². The van der Waals surface area contributed by atoms with Gasteiger partial charge >= 0.3 is 0 Å². The van der Waals surface area contributed by atoms with Crippen molar-refractivity contribution >= 4 is 5.91 Å². The Morgan fingerprint density at radius 1 is 1.26 bits per heavy atom. The maximum Gasteiger partial charge on any atom is 0.227 e. The first-order valence-corrected chi connectivity index (χ1v) is 7.78. The van der Waals surface area contributed by atoms with E-state index in [1.807, 2.05) is 30.9 Å². The molecule has 2 aromatic rings. The van der Waals surface area contributed by atoms with E-state index in [9.17, 15) is 4.79 Å². The van der Waals surface area contributed by atoms with Crippen molar-refractivity contribution in [2.75, 3.05) is 13.1 Å². The third kappa shape index (κ3) is 3.92. The molecular weight excluding hydrogens is 296 g/mol. The summed E-state index contributed by atoms with van der Waals surface area (Å²) in [6.45, 7) is 5.23. The fraction of sp³-hybridized carbons (Fsp3) is 0.500. The van der Waals surface area contributed by atoms with Gasteiger partial charge in [-0.05, 0) is 26.0 Å². The molecule has 0 aliphatic carbocycles. The highest BCUT2D eigenvalue weighted by atomic mass is 16.5. The molecule has 3 heterocycles. The number of pyridine rings is 1. The van der Waals surface area contributed by atoms with Gasteiger partial charge in [0, 0.05) is 43.9 Å². The molecule has 1 amide bonds. The number of carbonyl (C=O) groups is 1. The van der Waals surface area contributed by atoms with Gasteiger partial charge < -0.3 is 14.2 Å². The minimum atomic E-state index is 0.0735. The fourth-order valence-electron chi connectivity index (χ4n) is 2.73. The normalized spacial score (nSPS) is 21.4. The summed E-state index contributed by atoms with van der Waals surface area (Å²) < 4.78 is 10.9. The third-order valence-corrected chi connectivity index (χ3v) is 3.73. The fourth-order valence-corrected chi connectivity index (χ4v) is 2.73. The summed E-state index contributed by atoms with van der Waals surface area (Å²) in [5, 5.41) is 3.94. The maximum absolute atomic E-state index is 12.3. The van der Waals surface area contributed by atoms with Crippen LogP contribution in [-0.2, 0) is 16.0 Å². The Kier molecular flexibility index (Phi) is 4.66. The molecule has 1 aliphatic heterocycles. The predicted molar refractivity (Wildman–Crippen MR) is 82.4 cm³/mol. The van der Waals surface area contributed by atoms with Crippen LogP contribution in [0.4, 0.5) is 0 Å². The van der Waals surface area contributed by atoms with Crippen LogP contribution in [0.15, 0.2) is 29.0 Å². The van der Waals surface area contributed by atoms with Gasteiger partial charge in [-0.15, -0.1) is 0 Å². The molecule has 7 nitrogen and oxygen atoms in total. The quantitative estimate of drug-likeness (QED) is 0.854. The van der Waals surface area contributed by atoms with E-state index < -0.39 is 0 Å². The molecule has 3 rings (SSSR count). The molecular formula is C16H20N4O3. The van der Waals surface area contributed by atoms with Gasteiger partial charge in [-0.2, -0.15) is 4.98 Å². The molecule has 2 atom stereocenters. The lowest BCUT2D eigenvalue weighted by atomic mass is 10.2. The van der Waals surface area contributed by atoms with Gasteiger partial charge in [-0.1, -0.05) is 5.16 Å². The number of ether oxygens (including phenoxy) is 1. The van der Waals surface area contributed by atoms with Crippen LogP contribution < -0.4 is 0 Å². The second kappa shape index (κ2) is 6.87. The largest absolute Gasteiger partial charge is 0.372 e. The molecule has 0 bridgehead atoms. The van der Waals surface area contributed by atoms with Crippen molar-refractivity contribution in [2.24, 2.45) is 0 Å². The van der Waals surface area contributed by atoms with Crippen molar-refractivity contribution in [2.45, 2.75) is 38.9 Å². The highest BCUT2D eigenvalue weighted by Gasteiger charge is 2.25. The SMILES string of the molecule is C[C@@H]1CN(C(=O)CCc2nc(-c3ccncc3)no2)C[C@H](C)O1. The molecule has 0 unspecified atom stereocenters. The van der Waals surface area contributed by atoms with Gasteiger partial charge in [-0.25, -0.2) is 0 Å². The van der Waals surface area contributed by atoms with Crippen molar-refractivity contribution in [1.29, 1.82) is 0 Å². The molecule has 122 valence electrons. The molecule has 0 N–H and O–H groups in total. The first kappa shape index (κ1) is 15.6. The van der Waals surface area contributed by atoms with Gasteiger partial charge in [0.2, 0.25) is 17.6 Å². The van der Waals surface area contributed by atoms with Gasteiger partial charge in [0.25, 0.3) is 0 Å². The molecule has 23 heavy (non-hydrogen) atoms. The number of hydrogen-bond donors (Lipinski definition) is 0. The highest BCUT2D eigenvalue weighted by molar-refractivity contribution is 5.76. The van der Waals surface area contributed by atoms with Crippen molar-refractivity contribution in [3.8, 4) is 11.4 Å². The first-order valence-electron chi connectivity index (χ1n) is 7.78. The van der Waals surface area contributed by atoms with Gasteiger partial charge in [0.05, 0.1) is 12.2 Å². The Morgan fingerprint density at radius 2 is 1.96 bits per heavy atom. The van der Waals surface area contributed by atoms with Crippen LogP contribution in [0.2, 0.25) is 0 Å². The summed E-state index contributed by atoms with van der Waals surface area (Å²) >= 11 is 0. The molecule has 1 fully saturated rings. The van der Waals surface area contributed by atoms with E-state index in [4.69, 9.17) is 9.26 Å². The van der Waals surface area contributed by atoms with E-state index in [1.54, 1.807) is 12.4 Å². The Hall–Kier alpha value is -2.28. The van der Waals surface area contributed by atoms with Gasteiger partial charge in [-0.3, -0.25) is 9.78 Å². The zero-order valence-corrected chi connectivity index (χ0v) is 13.3.